The molecule has 0 saturated carbocycles. The molecule has 0 bridgehead atoms. The van der Waals surface area contributed by atoms with Crippen LogP contribution in [-0.2, 0) is 12.9 Å². The van der Waals surface area contributed by atoms with Crippen LogP contribution in [0.3, 0.4) is 0 Å². The topological polar surface area (TPSA) is 27.1 Å². The molecule has 0 aliphatic heterocycles. The molecule has 14 heavy (non-hydrogen) atoms. The second kappa shape index (κ2) is 3.50. The molecular weight excluding hydrogens is 200 g/mol. The minimum Gasteiger partial charge on any atom is -0.497 e. The van der Waals surface area contributed by atoms with Crippen molar-refractivity contribution in [1.82, 2.24) is 9.55 Å². The van der Waals surface area contributed by atoms with Gasteiger partial charge in [0.05, 0.1) is 24.0 Å². The van der Waals surface area contributed by atoms with E-state index in [4.69, 9.17) is 16.3 Å². The molecule has 1 aromatic carbocycles. The van der Waals surface area contributed by atoms with Crippen molar-refractivity contribution in [2.45, 2.75) is 5.88 Å². The molecule has 2 rings (SSSR count). The van der Waals surface area contributed by atoms with Gasteiger partial charge in [-0.15, -0.1) is 11.6 Å². The summed E-state index contributed by atoms with van der Waals surface area (Å²) in [7, 11) is 3.60. The van der Waals surface area contributed by atoms with Crippen molar-refractivity contribution in [3.05, 3.63) is 24.0 Å². The van der Waals surface area contributed by atoms with Gasteiger partial charge in [0, 0.05) is 13.1 Å². The summed E-state index contributed by atoms with van der Waals surface area (Å²) in [6.07, 6.45) is 0. The SMILES string of the molecule is COc1ccc2nc(CCl)n(C)c2c1. The second-order valence-electron chi connectivity index (χ2n) is 3.08. The minimum absolute atomic E-state index is 0.424. The summed E-state index contributed by atoms with van der Waals surface area (Å²) in [5.41, 5.74) is 1.99. The monoisotopic (exact) mass is 210 g/mol. The number of benzene rings is 1. The fourth-order valence-electron chi connectivity index (χ4n) is 1.47. The van der Waals surface area contributed by atoms with E-state index in [1.807, 2.05) is 29.8 Å². The van der Waals surface area contributed by atoms with E-state index in [9.17, 15) is 0 Å². The van der Waals surface area contributed by atoms with Crippen LogP contribution in [0.15, 0.2) is 18.2 Å². The Labute approximate surface area is 87.3 Å². The number of alkyl halides is 1. The molecule has 0 atom stereocenters. The molecule has 0 aliphatic carbocycles. The average molecular weight is 211 g/mol. The maximum absolute atomic E-state index is 5.76. The van der Waals surface area contributed by atoms with Crippen molar-refractivity contribution in [3.63, 3.8) is 0 Å². The quantitative estimate of drug-likeness (QED) is 0.712. The van der Waals surface area contributed by atoms with Crippen molar-refractivity contribution in [1.29, 1.82) is 0 Å². The first kappa shape index (κ1) is 9.34. The molecule has 0 aliphatic rings. The number of hydrogen-bond acceptors (Lipinski definition) is 2. The van der Waals surface area contributed by atoms with E-state index >= 15 is 0 Å². The van der Waals surface area contributed by atoms with Crippen molar-refractivity contribution in [3.8, 4) is 5.75 Å². The molecule has 2 aromatic rings. The summed E-state index contributed by atoms with van der Waals surface area (Å²) in [5.74, 6) is 2.13. The fraction of sp³-hybridized carbons (Fsp3) is 0.300. The minimum atomic E-state index is 0.424. The van der Waals surface area contributed by atoms with Crippen LogP contribution in [0.25, 0.3) is 11.0 Å². The molecule has 0 saturated heterocycles. The molecule has 0 radical (unpaired) electrons. The third kappa shape index (κ3) is 1.34. The highest BCUT2D eigenvalue weighted by Crippen LogP contribution is 2.21. The molecule has 0 unspecified atom stereocenters. The van der Waals surface area contributed by atoms with E-state index in [1.165, 1.54) is 0 Å². The molecule has 0 N–H and O–H groups in total. The summed E-state index contributed by atoms with van der Waals surface area (Å²) in [5, 5.41) is 0. The van der Waals surface area contributed by atoms with Gasteiger partial charge in [0.2, 0.25) is 0 Å². The first-order valence-electron chi connectivity index (χ1n) is 4.31. The molecule has 0 spiro atoms. The van der Waals surface area contributed by atoms with Crippen LogP contribution in [0.1, 0.15) is 5.82 Å². The highest BCUT2D eigenvalue weighted by molar-refractivity contribution is 6.16. The number of nitrogens with zero attached hydrogens (tertiary/aromatic N) is 2. The Morgan fingerprint density at radius 2 is 2.29 bits per heavy atom. The number of methoxy groups -OCH3 is 1. The van der Waals surface area contributed by atoms with Gasteiger partial charge in [-0.1, -0.05) is 0 Å². The smallest absolute Gasteiger partial charge is 0.124 e. The maximum atomic E-state index is 5.76. The van der Waals surface area contributed by atoms with Gasteiger partial charge in [-0.2, -0.15) is 0 Å². The van der Waals surface area contributed by atoms with Crippen molar-refractivity contribution in [2.24, 2.45) is 7.05 Å². The van der Waals surface area contributed by atoms with Gasteiger partial charge >= 0.3 is 0 Å². The van der Waals surface area contributed by atoms with E-state index in [0.717, 1.165) is 22.6 Å². The zero-order chi connectivity index (χ0) is 10.1. The Morgan fingerprint density at radius 1 is 1.50 bits per heavy atom. The Balaban J connectivity index is 2.68. The highest BCUT2D eigenvalue weighted by Gasteiger charge is 2.06. The Kier molecular flexibility index (Phi) is 2.33. The van der Waals surface area contributed by atoms with Crippen LogP contribution in [-0.4, -0.2) is 16.7 Å². The highest BCUT2D eigenvalue weighted by atomic mass is 35.5. The van der Waals surface area contributed by atoms with Gasteiger partial charge in [0.25, 0.3) is 0 Å². The van der Waals surface area contributed by atoms with Gasteiger partial charge < -0.3 is 9.30 Å². The molecule has 1 heterocycles. The average Bonchev–Trinajstić information content (AvgIpc) is 2.55. The second-order valence-corrected chi connectivity index (χ2v) is 3.34. The van der Waals surface area contributed by atoms with Crippen LogP contribution in [0.5, 0.6) is 5.75 Å². The van der Waals surface area contributed by atoms with Gasteiger partial charge in [-0.05, 0) is 12.1 Å². The first-order valence-corrected chi connectivity index (χ1v) is 4.85. The van der Waals surface area contributed by atoms with Crippen LogP contribution < -0.4 is 4.74 Å². The summed E-state index contributed by atoms with van der Waals surface area (Å²) in [6.45, 7) is 0. The fourth-order valence-corrected chi connectivity index (χ4v) is 1.71. The van der Waals surface area contributed by atoms with E-state index < -0.39 is 0 Å². The lowest BCUT2D eigenvalue weighted by Gasteiger charge is -2.00. The van der Waals surface area contributed by atoms with Crippen molar-refractivity contribution >= 4 is 22.6 Å². The number of ether oxygens (including phenoxy) is 1. The number of aromatic nitrogens is 2. The summed E-state index contributed by atoms with van der Waals surface area (Å²) in [6, 6.07) is 5.79. The zero-order valence-electron chi connectivity index (χ0n) is 8.12. The van der Waals surface area contributed by atoms with Crippen molar-refractivity contribution in [2.75, 3.05) is 7.11 Å². The Bertz CT molecular complexity index is 464. The number of imidazole rings is 1. The van der Waals surface area contributed by atoms with Crippen LogP contribution in [0.4, 0.5) is 0 Å². The van der Waals surface area contributed by atoms with Gasteiger partial charge in [-0.3, -0.25) is 0 Å². The predicted octanol–water partition coefficient (Wildman–Crippen LogP) is 2.32. The lowest BCUT2D eigenvalue weighted by atomic mass is 10.3. The molecule has 4 heteroatoms. The van der Waals surface area contributed by atoms with E-state index in [2.05, 4.69) is 4.98 Å². The predicted molar refractivity (Wildman–Crippen MR) is 56.8 cm³/mol. The Hall–Kier alpha value is -1.22. The van der Waals surface area contributed by atoms with Crippen LogP contribution >= 0.6 is 11.6 Å². The standard InChI is InChI=1S/C10H11ClN2O/c1-13-9-5-7(14-2)3-4-8(9)12-10(13)6-11/h3-5H,6H2,1-2H3. The molecule has 74 valence electrons. The third-order valence-electron chi connectivity index (χ3n) is 2.30. The molecule has 0 fully saturated rings. The summed E-state index contributed by atoms with van der Waals surface area (Å²) in [4.78, 5) is 4.38. The number of hydrogen-bond donors (Lipinski definition) is 0. The summed E-state index contributed by atoms with van der Waals surface area (Å²) < 4.78 is 7.12. The maximum Gasteiger partial charge on any atom is 0.124 e. The molecule has 1 aromatic heterocycles. The van der Waals surface area contributed by atoms with E-state index in [-0.39, 0.29) is 0 Å². The number of aryl methyl sites for hydroxylation is 1. The Morgan fingerprint density at radius 3 is 2.93 bits per heavy atom. The van der Waals surface area contributed by atoms with E-state index in [0.29, 0.717) is 5.88 Å². The molecular formula is C10H11ClN2O. The largest absolute Gasteiger partial charge is 0.497 e. The zero-order valence-corrected chi connectivity index (χ0v) is 8.88. The number of halogens is 1. The first-order chi connectivity index (χ1) is 6.76. The molecule has 0 amide bonds. The van der Waals surface area contributed by atoms with Crippen LogP contribution in [0.2, 0.25) is 0 Å². The van der Waals surface area contributed by atoms with Gasteiger partial charge in [-0.25, -0.2) is 4.98 Å². The number of fused-ring (bicyclic) bond motifs is 1. The molecule has 3 nitrogen and oxygen atoms in total. The third-order valence-corrected chi connectivity index (χ3v) is 2.54. The lowest BCUT2D eigenvalue weighted by molar-refractivity contribution is 0.415. The number of rotatable bonds is 2. The van der Waals surface area contributed by atoms with Crippen molar-refractivity contribution < 1.29 is 4.74 Å². The van der Waals surface area contributed by atoms with Crippen LogP contribution in [0, 0.1) is 0 Å². The normalized spacial score (nSPS) is 10.8. The lowest BCUT2D eigenvalue weighted by Crippen LogP contribution is -1.93. The van der Waals surface area contributed by atoms with Gasteiger partial charge in [0.15, 0.2) is 0 Å². The summed E-state index contributed by atoms with van der Waals surface area (Å²) >= 11 is 5.76. The van der Waals surface area contributed by atoms with Gasteiger partial charge in [0.1, 0.15) is 11.6 Å². The van der Waals surface area contributed by atoms with E-state index in [1.54, 1.807) is 7.11 Å².